The highest BCUT2D eigenvalue weighted by Crippen LogP contribution is 2.25. The Hall–Kier alpha value is -1.70. The average Bonchev–Trinajstić information content (AvgIpc) is 2.83. The molecule has 1 rings (SSSR count). The van der Waals surface area contributed by atoms with Gasteiger partial charge in [-0.25, -0.2) is 0 Å². The van der Waals surface area contributed by atoms with Gasteiger partial charge in [0, 0.05) is 5.41 Å². The molecule has 0 saturated carbocycles. The molecule has 0 aliphatic rings. The zero-order valence-electron chi connectivity index (χ0n) is 11.5. The monoisotopic (exact) mass is 285 g/mol. The van der Waals surface area contributed by atoms with Crippen molar-refractivity contribution in [2.45, 2.75) is 45.6 Å². The van der Waals surface area contributed by atoms with Crippen molar-refractivity contribution in [1.82, 2.24) is 14.9 Å². The smallest absolute Gasteiger partial charge is 0.265 e. The molecule has 1 aromatic heterocycles. The van der Waals surface area contributed by atoms with Crippen molar-refractivity contribution in [3.8, 4) is 0 Å². The Morgan fingerprint density at radius 1 is 1.58 bits per heavy atom. The molecule has 8 heteroatoms. The normalized spacial score (nSPS) is 14.2. The van der Waals surface area contributed by atoms with Gasteiger partial charge in [0.25, 0.3) is 5.91 Å². The van der Waals surface area contributed by atoms with Gasteiger partial charge >= 0.3 is 0 Å². The number of amides is 1. The van der Waals surface area contributed by atoms with Crippen molar-refractivity contribution >= 4 is 23.3 Å². The lowest BCUT2D eigenvalue weighted by atomic mass is 9.91. The Balaban J connectivity index is 2.93. The number of oxime groups is 1. The maximum atomic E-state index is 12.2. The largest absolute Gasteiger partial charge is 0.409 e. The molecule has 1 unspecified atom stereocenters. The van der Waals surface area contributed by atoms with Crippen molar-refractivity contribution in [3.05, 3.63) is 10.6 Å². The molecular weight excluding hydrogens is 266 g/mol. The van der Waals surface area contributed by atoms with E-state index >= 15 is 0 Å². The van der Waals surface area contributed by atoms with Gasteiger partial charge in [-0.2, -0.15) is 0 Å². The lowest BCUT2D eigenvalue weighted by Gasteiger charge is -2.18. The van der Waals surface area contributed by atoms with Crippen molar-refractivity contribution in [2.24, 2.45) is 10.9 Å². The average molecular weight is 285 g/mol. The number of rotatable bonds is 4. The molecule has 0 spiro atoms. The molecule has 0 saturated heterocycles. The highest BCUT2D eigenvalue weighted by molar-refractivity contribution is 7.08. The second kappa shape index (κ2) is 5.96. The quantitative estimate of drug-likeness (QED) is 0.332. The van der Waals surface area contributed by atoms with Gasteiger partial charge in [-0.1, -0.05) is 37.3 Å². The van der Waals surface area contributed by atoms with E-state index in [4.69, 9.17) is 10.9 Å². The highest BCUT2D eigenvalue weighted by atomic mass is 32.1. The van der Waals surface area contributed by atoms with Crippen LogP contribution in [0.4, 0.5) is 0 Å². The summed E-state index contributed by atoms with van der Waals surface area (Å²) < 4.78 is 3.83. The predicted octanol–water partition coefficient (Wildman–Crippen LogP) is 1.09. The summed E-state index contributed by atoms with van der Waals surface area (Å²) in [5.41, 5.74) is 5.89. The van der Waals surface area contributed by atoms with Crippen LogP contribution >= 0.6 is 11.5 Å². The first-order valence-electron chi connectivity index (χ1n) is 5.92. The summed E-state index contributed by atoms with van der Waals surface area (Å²) in [4.78, 5) is 12.6. The summed E-state index contributed by atoms with van der Waals surface area (Å²) in [6.07, 6.45) is 0.527. The molecular formula is C11H19N5O2S. The Morgan fingerprint density at radius 3 is 2.68 bits per heavy atom. The Bertz CT molecular complexity index is 478. The van der Waals surface area contributed by atoms with E-state index in [0.717, 1.165) is 11.5 Å². The molecule has 0 aliphatic heterocycles. The fraction of sp³-hybridized carbons (Fsp3) is 0.636. The van der Waals surface area contributed by atoms with E-state index in [1.165, 1.54) is 0 Å². The maximum Gasteiger partial charge on any atom is 0.265 e. The molecule has 0 aliphatic carbocycles. The number of carbonyl (C=O) groups is 1. The van der Waals surface area contributed by atoms with Crippen molar-refractivity contribution in [3.63, 3.8) is 0 Å². The first-order valence-corrected chi connectivity index (χ1v) is 6.69. The van der Waals surface area contributed by atoms with Gasteiger partial charge in [-0.15, -0.1) is 5.10 Å². The molecule has 4 N–H and O–H groups in total. The summed E-state index contributed by atoms with van der Waals surface area (Å²) in [7, 11) is 0. The number of hydrogen-bond donors (Lipinski definition) is 3. The minimum absolute atomic E-state index is 0.0226. The molecule has 0 fully saturated rings. The Labute approximate surface area is 116 Å². The van der Waals surface area contributed by atoms with E-state index in [0.29, 0.717) is 17.0 Å². The lowest BCUT2D eigenvalue weighted by Crippen LogP contribution is -2.44. The van der Waals surface area contributed by atoms with Crippen molar-refractivity contribution < 1.29 is 10.0 Å². The van der Waals surface area contributed by atoms with Crippen molar-refractivity contribution in [1.29, 1.82) is 0 Å². The summed E-state index contributed by atoms with van der Waals surface area (Å²) >= 11 is 1.04. The molecule has 0 aromatic carbocycles. The molecule has 1 amide bonds. The van der Waals surface area contributed by atoms with Gasteiger partial charge in [0.1, 0.15) is 4.88 Å². The van der Waals surface area contributed by atoms with Crippen LogP contribution in [0.25, 0.3) is 0 Å². The minimum Gasteiger partial charge on any atom is -0.409 e. The Morgan fingerprint density at radius 2 is 2.21 bits per heavy atom. The number of amidine groups is 1. The van der Waals surface area contributed by atoms with Crippen LogP contribution < -0.4 is 11.1 Å². The third-order valence-electron chi connectivity index (χ3n) is 2.59. The van der Waals surface area contributed by atoms with Crippen LogP contribution in [0.3, 0.4) is 0 Å². The van der Waals surface area contributed by atoms with Gasteiger partial charge in [0.2, 0.25) is 0 Å². The first kappa shape index (κ1) is 15.4. The van der Waals surface area contributed by atoms with Gasteiger partial charge in [0.05, 0.1) is 11.7 Å². The van der Waals surface area contributed by atoms with Crippen LogP contribution in [0, 0.1) is 0 Å². The van der Waals surface area contributed by atoms with Gasteiger partial charge in [0.15, 0.2) is 5.84 Å². The van der Waals surface area contributed by atoms with E-state index in [1.807, 2.05) is 27.7 Å². The van der Waals surface area contributed by atoms with E-state index in [-0.39, 0.29) is 17.2 Å². The third kappa shape index (κ3) is 3.63. The molecule has 1 aromatic rings. The van der Waals surface area contributed by atoms with Gasteiger partial charge in [-0.05, 0) is 18.0 Å². The Kier molecular flexibility index (Phi) is 4.82. The molecule has 1 atom stereocenters. The second-order valence-corrected chi connectivity index (χ2v) is 5.91. The topological polar surface area (TPSA) is 113 Å². The van der Waals surface area contributed by atoms with Crippen LogP contribution in [-0.4, -0.2) is 32.6 Å². The lowest BCUT2D eigenvalue weighted by molar-refractivity contribution is 0.0947. The van der Waals surface area contributed by atoms with E-state index < -0.39 is 6.04 Å². The zero-order chi connectivity index (χ0) is 14.6. The third-order valence-corrected chi connectivity index (χ3v) is 3.32. The molecule has 1 heterocycles. The van der Waals surface area contributed by atoms with Crippen molar-refractivity contribution in [2.75, 3.05) is 0 Å². The first-order chi connectivity index (χ1) is 8.81. The maximum absolute atomic E-state index is 12.2. The van der Waals surface area contributed by atoms with Crippen LogP contribution in [0.5, 0.6) is 0 Å². The molecule has 19 heavy (non-hydrogen) atoms. The number of nitrogens with zero attached hydrogens (tertiary/aromatic N) is 3. The summed E-state index contributed by atoms with van der Waals surface area (Å²) in [5, 5.41) is 18.3. The van der Waals surface area contributed by atoms with Crippen LogP contribution in [0.2, 0.25) is 0 Å². The molecule has 0 radical (unpaired) electrons. The van der Waals surface area contributed by atoms with Gasteiger partial charge < -0.3 is 16.3 Å². The van der Waals surface area contributed by atoms with Gasteiger partial charge in [-0.3, -0.25) is 4.79 Å². The summed E-state index contributed by atoms with van der Waals surface area (Å²) in [6, 6.07) is -0.507. The fourth-order valence-electron chi connectivity index (χ4n) is 1.51. The van der Waals surface area contributed by atoms with Crippen LogP contribution in [-0.2, 0) is 5.41 Å². The zero-order valence-corrected chi connectivity index (χ0v) is 12.3. The second-order valence-electron chi connectivity index (χ2n) is 5.16. The number of nitrogens with two attached hydrogens (primary N) is 1. The molecule has 7 nitrogen and oxygen atoms in total. The van der Waals surface area contributed by atoms with E-state index in [1.54, 1.807) is 0 Å². The molecule has 0 bridgehead atoms. The number of hydrogen-bond acceptors (Lipinski definition) is 6. The highest BCUT2D eigenvalue weighted by Gasteiger charge is 2.27. The van der Waals surface area contributed by atoms with Crippen LogP contribution in [0.1, 0.15) is 49.5 Å². The summed E-state index contributed by atoms with van der Waals surface area (Å²) in [5.74, 6) is -0.330. The SMILES string of the molecule is CCC(NC(=O)c1snnc1C(C)(C)C)C(N)=NO. The number of nitrogens with one attached hydrogen (secondary N) is 1. The fourth-order valence-corrected chi connectivity index (χ4v) is 2.29. The number of carbonyl (C=O) groups excluding carboxylic acids is 1. The predicted molar refractivity (Wildman–Crippen MR) is 73.6 cm³/mol. The van der Waals surface area contributed by atoms with Crippen LogP contribution in [0.15, 0.2) is 5.16 Å². The van der Waals surface area contributed by atoms with E-state index in [9.17, 15) is 4.79 Å². The summed E-state index contributed by atoms with van der Waals surface area (Å²) in [6.45, 7) is 7.71. The number of aromatic nitrogens is 2. The van der Waals surface area contributed by atoms with E-state index in [2.05, 4.69) is 20.1 Å². The molecule has 106 valence electrons. The standard InChI is InChI=1S/C11H19N5O2S/c1-5-6(9(12)15-18)13-10(17)7-8(11(2,3)4)14-16-19-7/h6,18H,5H2,1-4H3,(H2,12,15)(H,13,17). The minimum atomic E-state index is -0.507.